The fraction of sp³-hybridized carbons (Fsp3) is 0.429. The van der Waals surface area contributed by atoms with Gasteiger partial charge in [-0.1, -0.05) is 18.5 Å². The van der Waals surface area contributed by atoms with Crippen molar-refractivity contribution in [2.45, 2.75) is 13.8 Å². The minimum absolute atomic E-state index is 0.149. The lowest BCUT2D eigenvalue weighted by atomic mass is 10.1. The van der Waals surface area contributed by atoms with Gasteiger partial charge in [-0.25, -0.2) is 0 Å². The van der Waals surface area contributed by atoms with Gasteiger partial charge in [-0.3, -0.25) is 9.59 Å². The molecule has 0 fully saturated rings. The van der Waals surface area contributed by atoms with Crippen molar-refractivity contribution in [1.29, 1.82) is 0 Å². The van der Waals surface area contributed by atoms with Gasteiger partial charge in [0.2, 0.25) is 0 Å². The van der Waals surface area contributed by atoms with E-state index in [9.17, 15) is 9.59 Å². The highest BCUT2D eigenvalue weighted by Gasteiger charge is 2.22. The van der Waals surface area contributed by atoms with Crippen molar-refractivity contribution in [2.75, 3.05) is 20.2 Å². The number of ether oxygens (including phenoxy) is 1. The topological polar surface area (TPSA) is 66.8 Å². The van der Waals surface area contributed by atoms with Crippen LogP contribution in [0.15, 0.2) is 18.2 Å². The van der Waals surface area contributed by atoms with Gasteiger partial charge in [0.15, 0.2) is 0 Å². The molecule has 0 aliphatic carbocycles. The summed E-state index contributed by atoms with van der Waals surface area (Å²) < 4.78 is 5.15. The van der Waals surface area contributed by atoms with Crippen LogP contribution in [0.25, 0.3) is 0 Å². The normalized spacial score (nSPS) is 11.8. The Bertz CT molecular complexity index is 504. The molecule has 1 N–H and O–H groups in total. The summed E-state index contributed by atoms with van der Waals surface area (Å²) in [6.45, 7) is 3.94. The van der Waals surface area contributed by atoms with Gasteiger partial charge in [0.05, 0.1) is 18.6 Å². The molecular formula is C14H18ClNO4. The average Bonchev–Trinajstić information content (AvgIpc) is 2.43. The lowest BCUT2D eigenvalue weighted by Gasteiger charge is -2.23. The van der Waals surface area contributed by atoms with Crippen molar-refractivity contribution in [1.82, 2.24) is 4.90 Å². The van der Waals surface area contributed by atoms with E-state index in [1.807, 2.05) is 0 Å². The number of benzene rings is 1. The molecule has 1 aromatic rings. The monoisotopic (exact) mass is 299 g/mol. The number of halogens is 1. The maximum Gasteiger partial charge on any atom is 0.308 e. The molecule has 0 spiro atoms. The molecule has 5 nitrogen and oxygen atoms in total. The van der Waals surface area contributed by atoms with Crippen molar-refractivity contribution in [3.63, 3.8) is 0 Å². The summed E-state index contributed by atoms with van der Waals surface area (Å²) in [5.41, 5.74) is 0.372. The Morgan fingerprint density at radius 3 is 2.60 bits per heavy atom. The molecule has 20 heavy (non-hydrogen) atoms. The molecule has 1 aromatic carbocycles. The number of amides is 1. The number of hydrogen-bond acceptors (Lipinski definition) is 3. The van der Waals surface area contributed by atoms with E-state index in [1.54, 1.807) is 32.0 Å². The van der Waals surface area contributed by atoms with Gasteiger partial charge in [-0.2, -0.15) is 0 Å². The zero-order valence-corrected chi connectivity index (χ0v) is 12.5. The Labute approximate surface area is 123 Å². The Morgan fingerprint density at radius 2 is 2.10 bits per heavy atom. The predicted octanol–water partition coefficient (Wildman–Crippen LogP) is 2.53. The molecule has 0 saturated carbocycles. The summed E-state index contributed by atoms with van der Waals surface area (Å²) in [5, 5.41) is 9.41. The zero-order valence-electron chi connectivity index (χ0n) is 11.7. The predicted molar refractivity (Wildman–Crippen MR) is 76.4 cm³/mol. The first-order valence-electron chi connectivity index (χ1n) is 6.26. The standard InChI is InChI=1S/C14H18ClNO4/c1-4-16(8-9(2)14(18)19)13(17)11-6-5-10(15)7-12(11)20-3/h5-7,9H,4,8H2,1-3H3,(H,18,19). The van der Waals surface area contributed by atoms with Crippen LogP contribution >= 0.6 is 11.6 Å². The average molecular weight is 300 g/mol. The van der Waals surface area contributed by atoms with E-state index in [-0.39, 0.29) is 12.5 Å². The van der Waals surface area contributed by atoms with Gasteiger partial charge in [0.1, 0.15) is 5.75 Å². The molecule has 0 saturated heterocycles. The highest BCUT2D eigenvalue weighted by atomic mass is 35.5. The van der Waals surface area contributed by atoms with Crippen LogP contribution < -0.4 is 4.74 Å². The molecule has 1 atom stereocenters. The maximum absolute atomic E-state index is 12.4. The van der Waals surface area contributed by atoms with E-state index in [2.05, 4.69) is 0 Å². The van der Waals surface area contributed by atoms with Crippen LogP contribution in [0.1, 0.15) is 24.2 Å². The molecule has 6 heteroatoms. The number of carboxylic acid groups (broad SMARTS) is 1. The van der Waals surface area contributed by atoms with E-state index < -0.39 is 11.9 Å². The quantitative estimate of drug-likeness (QED) is 0.876. The first kappa shape index (κ1) is 16.3. The number of hydrogen-bond donors (Lipinski definition) is 1. The SMILES string of the molecule is CCN(CC(C)C(=O)O)C(=O)c1ccc(Cl)cc1OC. The molecule has 1 unspecified atom stereocenters. The van der Waals surface area contributed by atoms with Gasteiger partial charge in [0, 0.05) is 18.1 Å². The number of carbonyl (C=O) groups is 2. The fourth-order valence-electron chi connectivity index (χ4n) is 1.78. The molecule has 0 aromatic heterocycles. The molecule has 0 heterocycles. The third-order valence-electron chi connectivity index (χ3n) is 2.98. The van der Waals surface area contributed by atoms with Gasteiger partial charge >= 0.3 is 5.97 Å². The third kappa shape index (κ3) is 3.87. The van der Waals surface area contributed by atoms with Crippen LogP contribution in [0, 0.1) is 5.92 Å². The Balaban J connectivity index is 2.99. The number of rotatable bonds is 6. The largest absolute Gasteiger partial charge is 0.496 e. The van der Waals surface area contributed by atoms with Crippen molar-refractivity contribution in [2.24, 2.45) is 5.92 Å². The van der Waals surface area contributed by atoms with E-state index >= 15 is 0 Å². The van der Waals surface area contributed by atoms with Crippen LogP contribution in [0.5, 0.6) is 5.75 Å². The highest BCUT2D eigenvalue weighted by molar-refractivity contribution is 6.30. The molecule has 1 amide bonds. The van der Waals surface area contributed by atoms with Crippen LogP contribution in [-0.2, 0) is 4.79 Å². The second kappa shape index (κ2) is 7.14. The van der Waals surface area contributed by atoms with Gasteiger partial charge in [-0.05, 0) is 25.1 Å². The van der Waals surface area contributed by atoms with E-state index in [1.165, 1.54) is 12.0 Å². The summed E-state index contributed by atoms with van der Waals surface area (Å²) in [7, 11) is 1.46. The second-order valence-corrected chi connectivity index (χ2v) is 4.86. The molecule has 0 aliphatic rings. The summed E-state index contributed by atoms with van der Waals surface area (Å²) in [4.78, 5) is 24.8. The summed E-state index contributed by atoms with van der Waals surface area (Å²) in [6.07, 6.45) is 0. The van der Waals surface area contributed by atoms with Crippen molar-refractivity contribution in [3.8, 4) is 5.75 Å². The molecule has 110 valence electrons. The fourth-order valence-corrected chi connectivity index (χ4v) is 1.94. The van der Waals surface area contributed by atoms with Crippen LogP contribution in [0.3, 0.4) is 0 Å². The van der Waals surface area contributed by atoms with E-state index in [0.717, 1.165) is 0 Å². The van der Waals surface area contributed by atoms with Crippen molar-refractivity contribution >= 4 is 23.5 Å². The number of aliphatic carboxylic acids is 1. The van der Waals surface area contributed by atoms with Crippen LogP contribution in [-0.4, -0.2) is 42.1 Å². The van der Waals surface area contributed by atoms with Gasteiger partial charge in [-0.15, -0.1) is 0 Å². The number of methoxy groups -OCH3 is 1. The maximum atomic E-state index is 12.4. The highest BCUT2D eigenvalue weighted by Crippen LogP contribution is 2.24. The summed E-state index contributed by atoms with van der Waals surface area (Å²) in [5.74, 6) is -1.45. The Hall–Kier alpha value is -1.75. The molecular weight excluding hydrogens is 282 g/mol. The van der Waals surface area contributed by atoms with E-state index in [0.29, 0.717) is 22.9 Å². The minimum atomic E-state index is -0.931. The molecule has 0 radical (unpaired) electrons. The summed E-state index contributed by atoms with van der Waals surface area (Å²) >= 11 is 5.86. The smallest absolute Gasteiger partial charge is 0.308 e. The van der Waals surface area contributed by atoms with Crippen LogP contribution in [0.4, 0.5) is 0 Å². The molecule has 0 aliphatic heterocycles. The van der Waals surface area contributed by atoms with Gasteiger partial charge < -0.3 is 14.7 Å². The Morgan fingerprint density at radius 1 is 1.45 bits per heavy atom. The number of carboxylic acids is 1. The molecule has 1 rings (SSSR count). The third-order valence-corrected chi connectivity index (χ3v) is 3.21. The summed E-state index contributed by atoms with van der Waals surface area (Å²) in [6, 6.07) is 4.74. The second-order valence-electron chi connectivity index (χ2n) is 4.43. The lowest BCUT2D eigenvalue weighted by molar-refractivity contribution is -0.141. The van der Waals surface area contributed by atoms with E-state index in [4.69, 9.17) is 21.4 Å². The van der Waals surface area contributed by atoms with Crippen molar-refractivity contribution in [3.05, 3.63) is 28.8 Å². The lowest BCUT2D eigenvalue weighted by Crippen LogP contribution is -2.36. The first-order valence-corrected chi connectivity index (χ1v) is 6.64. The first-order chi connectivity index (χ1) is 9.40. The van der Waals surface area contributed by atoms with Gasteiger partial charge in [0.25, 0.3) is 5.91 Å². The zero-order chi connectivity index (χ0) is 15.3. The molecule has 0 bridgehead atoms. The Kier molecular flexibility index (Phi) is 5.82. The number of nitrogens with zero attached hydrogens (tertiary/aromatic N) is 1. The number of carbonyl (C=O) groups excluding carboxylic acids is 1. The van der Waals surface area contributed by atoms with Crippen LogP contribution in [0.2, 0.25) is 5.02 Å². The minimum Gasteiger partial charge on any atom is -0.496 e. The van der Waals surface area contributed by atoms with Crippen molar-refractivity contribution < 1.29 is 19.4 Å².